The molecule has 2 aromatic heterocycles. The van der Waals surface area contributed by atoms with Crippen molar-refractivity contribution in [3.63, 3.8) is 0 Å². The van der Waals surface area contributed by atoms with E-state index in [4.69, 9.17) is 0 Å². The fourth-order valence-corrected chi connectivity index (χ4v) is 2.35. The lowest BCUT2D eigenvalue weighted by Crippen LogP contribution is -2.24. The van der Waals surface area contributed by atoms with E-state index >= 15 is 0 Å². The van der Waals surface area contributed by atoms with Crippen molar-refractivity contribution >= 4 is 11.4 Å². The predicted octanol–water partition coefficient (Wildman–Crippen LogP) is 2.72. The smallest absolute Gasteiger partial charge is 0.220 e. The molecule has 1 aromatic carbocycles. The minimum absolute atomic E-state index is 0.0723. The summed E-state index contributed by atoms with van der Waals surface area (Å²) in [5.41, 5.74) is 1.81. The molecule has 0 atom stereocenters. The Morgan fingerprint density at radius 3 is 3.00 bits per heavy atom. The van der Waals surface area contributed by atoms with Crippen molar-refractivity contribution in [2.75, 3.05) is 0 Å². The predicted molar refractivity (Wildman–Crippen MR) is 81.8 cm³/mol. The monoisotopic (exact) mass is 297 g/mol. The van der Waals surface area contributed by atoms with Crippen LogP contribution in [0.1, 0.15) is 17.8 Å². The second-order valence-electron chi connectivity index (χ2n) is 5.08. The van der Waals surface area contributed by atoms with Crippen molar-refractivity contribution in [3.05, 3.63) is 72.1 Å². The van der Waals surface area contributed by atoms with Crippen LogP contribution in [0.2, 0.25) is 0 Å². The van der Waals surface area contributed by atoms with Gasteiger partial charge in [-0.05, 0) is 36.2 Å². The van der Waals surface area contributed by atoms with Gasteiger partial charge in [-0.3, -0.25) is 4.79 Å². The van der Waals surface area contributed by atoms with Gasteiger partial charge >= 0.3 is 0 Å². The van der Waals surface area contributed by atoms with Crippen molar-refractivity contribution in [2.45, 2.75) is 19.4 Å². The first kappa shape index (κ1) is 14.3. The van der Waals surface area contributed by atoms with Gasteiger partial charge < -0.3 is 9.72 Å². The number of nitrogens with one attached hydrogen (secondary N) is 1. The molecule has 112 valence electrons. The van der Waals surface area contributed by atoms with Crippen LogP contribution in [-0.4, -0.2) is 15.3 Å². The zero-order valence-electron chi connectivity index (χ0n) is 12.0. The molecule has 0 aliphatic carbocycles. The Hall–Kier alpha value is -2.69. The molecule has 1 amide bonds. The molecule has 0 saturated carbocycles. The Balaban J connectivity index is 1.54. The number of hydrogen-bond donors (Lipinski definition) is 1. The number of carbonyl (C=O) groups is 1. The Bertz CT molecular complexity index is 797. The molecule has 2 heterocycles. The van der Waals surface area contributed by atoms with Crippen LogP contribution in [0.25, 0.3) is 5.52 Å². The summed E-state index contributed by atoms with van der Waals surface area (Å²) < 4.78 is 15.0. The molecule has 3 aromatic rings. The van der Waals surface area contributed by atoms with Gasteiger partial charge in [-0.15, -0.1) is 0 Å². The van der Waals surface area contributed by atoms with Crippen LogP contribution in [-0.2, 0) is 17.8 Å². The number of halogens is 1. The zero-order valence-corrected chi connectivity index (χ0v) is 12.0. The number of nitrogens with zero attached hydrogens (tertiary/aromatic N) is 2. The first-order chi connectivity index (χ1) is 10.7. The molecule has 0 fully saturated rings. The number of pyridine rings is 1. The van der Waals surface area contributed by atoms with E-state index in [1.54, 1.807) is 12.3 Å². The van der Waals surface area contributed by atoms with Crippen LogP contribution >= 0.6 is 0 Å². The Morgan fingerprint density at radius 1 is 1.23 bits per heavy atom. The number of fused-ring (bicyclic) bond motifs is 1. The van der Waals surface area contributed by atoms with Crippen molar-refractivity contribution in [1.82, 2.24) is 14.7 Å². The molecule has 1 N–H and O–H groups in total. The van der Waals surface area contributed by atoms with Crippen molar-refractivity contribution in [3.8, 4) is 0 Å². The van der Waals surface area contributed by atoms with Gasteiger partial charge in [0.25, 0.3) is 0 Å². The summed E-state index contributed by atoms with van der Waals surface area (Å²) in [7, 11) is 0. The summed E-state index contributed by atoms with van der Waals surface area (Å²) in [6, 6.07) is 12.1. The summed E-state index contributed by atoms with van der Waals surface area (Å²) >= 11 is 0. The Kier molecular flexibility index (Phi) is 4.14. The third-order valence-electron chi connectivity index (χ3n) is 3.49. The van der Waals surface area contributed by atoms with Gasteiger partial charge in [-0.25, -0.2) is 9.37 Å². The molecule has 3 rings (SSSR count). The molecular formula is C17H16FN3O. The Labute approximate surface area is 127 Å². The number of rotatable bonds is 5. The lowest BCUT2D eigenvalue weighted by atomic mass is 10.1. The van der Waals surface area contributed by atoms with Gasteiger partial charge in [0.05, 0.1) is 18.3 Å². The van der Waals surface area contributed by atoms with Crippen molar-refractivity contribution in [1.29, 1.82) is 0 Å². The molecule has 22 heavy (non-hydrogen) atoms. The lowest BCUT2D eigenvalue weighted by Gasteiger charge is -2.05. The summed E-state index contributed by atoms with van der Waals surface area (Å²) in [5, 5.41) is 2.85. The number of aromatic nitrogens is 2. The number of imidazole rings is 1. The van der Waals surface area contributed by atoms with E-state index in [-0.39, 0.29) is 11.7 Å². The van der Waals surface area contributed by atoms with Crippen LogP contribution < -0.4 is 5.32 Å². The number of aryl methyl sites for hydroxylation is 1. The fourth-order valence-electron chi connectivity index (χ4n) is 2.35. The number of carbonyl (C=O) groups excluding carboxylic acids is 1. The second-order valence-corrected chi connectivity index (χ2v) is 5.08. The first-order valence-electron chi connectivity index (χ1n) is 7.14. The molecule has 5 heteroatoms. The van der Waals surface area contributed by atoms with Crippen LogP contribution in [0.15, 0.2) is 54.9 Å². The van der Waals surface area contributed by atoms with Gasteiger partial charge in [-0.2, -0.15) is 0 Å². The lowest BCUT2D eigenvalue weighted by molar-refractivity contribution is -0.121. The third-order valence-corrected chi connectivity index (χ3v) is 3.49. The number of benzene rings is 1. The van der Waals surface area contributed by atoms with Gasteiger partial charge in [0.2, 0.25) is 5.91 Å². The van der Waals surface area contributed by atoms with E-state index in [0.717, 1.165) is 16.9 Å². The highest BCUT2D eigenvalue weighted by Crippen LogP contribution is 2.07. The molecule has 0 saturated heterocycles. The average Bonchev–Trinajstić information content (AvgIpc) is 2.94. The topological polar surface area (TPSA) is 46.4 Å². The minimum Gasteiger partial charge on any atom is -0.349 e. The maximum absolute atomic E-state index is 13.1. The normalized spacial score (nSPS) is 10.8. The standard InChI is InChI=1S/C17H16FN3O/c18-14-5-3-4-13(10-14)7-8-17(22)20-12-16-19-11-15-6-1-2-9-21(15)16/h1-6,9-11H,7-8,12H2,(H,20,22). The van der Waals surface area contributed by atoms with Crippen LogP contribution in [0.5, 0.6) is 0 Å². The average molecular weight is 297 g/mol. The first-order valence-corrected chi connectivity index (χ1v) is 7.14. The van der Waals surface area contributed by atoms with E-state index < -0.39 is 0 Å². The van der Waals surface area contributed by atoms with E-state index in [1.807, 2.05) is 34.9 Å². The van der Waals surface area contributed by atoms with Gasteiger partial charge in [0.1, 0.15) is 11.6 Å². The summed E-state index contributed by atoms with van der Waals surface area (Å²) in [6.45, 7) is 0.375. The quantitative estimate of drug-likeness (QED) is 0.787. The SMILES string of the molecule is O=C(CCc1cccc(F)c1)NCc1ncc2ccccn12. The van der Waals surface area contributed by atoms with E-state index in [2.05, 4.69) is 10.3 Å². The highest BCUT2D eigenvalue weighted by molar-refractivity contribution is 5.76. The minimum atomic E-state index is -0.276. The highest BCUT2D eigenvalue weighted by atomic mass is 19.1. The summed E-state index contributed by atoms with van der Waals surface area (Å²) in [5.74, 6) is 0.438. The van der Waals surface area contributed by atoms with Gasteiger partial charge in [0.15, 0.2) is 0 Å². The van der Waals surface area contributed by atoms with E-state index in [0.29, 0.717) is 19.4 Å². The largest absolute Gasteiger partial charge is 0.349 e. The maximum Gasteiger partial charge on any atom is 0.220 e. The number of amides is 1. The fraction of sp³-hybridized carbons (Fsp3) is 0.176. The van der Waals surface area contributed by atoms with E-state index in [9.17, 15) is 9.18 Å². The van der Waals surface area contributed by atoms with E-state index in [1.165, 1.54) is 12.1 Å². The van der Waals surface area contributed by atoms with Crippen LogP contribution in [0.4, 0.5) is 4.39 Å². The molecule has 4 nitrogen and oxygen atoms in total. The van der Waals surface area contributed by atoms with Crippen LogP contribution in [0, 0.1) is 5.82 Å². The summed E-state index contributed by atoms with van der Waals surface area (Å²) in [6.07, 6.45) is 4.53. The molecule has 0 spiro atoms. The summed E-state index contributed by atoms with van der Waals surface area (Å²) in [4.78, 5) is 16.2. The molecule has 0 aliphatic heterocycles. The van der Waals surface area contributed by atoms with Crippen LogP contribution in [0.3, 0.4) is 0 Å². The molecular weight excluding hydrogens is 281 g/mol. The highest BCUT2D eigenvalue weighted by Gasteiger charge is 2.06. The third kappa shape index (κ3) is 3.31. The molecule has 0 radical (unpaired) electrons. The van der Waals surface area contributed by atoms with Crippen molar-refractivity contribution in [2.24, 2.45) is 0 Å². The van der Waals surface area contributed by atoms with Gasteiger partial charge in [0, 0.05) is 12.6 Å². The molecule has 0 bridgehead atoms. The van der Waals surface area contributed by atoms with Gasteiger partial charge in [-0.1, -0.05) is 18.2 Å². The zero-order chi connectivity index (χ0) is 15.4. The molecule has 0 unspecified atom stereocenters. The maximum atomic E-state index is 13.1. The van der Waals surface area contributed by atoms with Crippen molar-refractivity contribution < 1.29 is 9.18 Å². The second kappa shape index (κ2) is 6.39. The molecule has 0 aliphatic rings. The number of hydrogen-bond acceptors (Lipinski definition) is 2. The Morgan fingerprint density at radius 2 is 2.14 bits per heavy atom.